The van der Waals surface area contributed by atoms with Gasteiger partial charge >= 0.3 is 6.18 Å². The van der Waals surface area contributed by atoms with E-state index in [2.05, 4.69) is 4.98 Å². The van der Waals surface area contributed by atoms with Crippen molar-refractivity contribution < 1.29 is 26.4 Å². The third-order valence-corrected chi connectivity index (χ3v) is 9.10. The molecule has 204 valence electrons. The van der Waals surface area contributed by atoms with Gasteiger partial charge in [-0.3, -0.25) is 14.0 Å². The van der Waals surface area contributed by atoms with Crippen LogP contribution in [0.25, 0.3) is 10.2 Å². The number of carbonyl (C=O) groups is 1. The van der Waals surface area contributed by atoms with Gasteiger partial charge in [-0.2, -0.15) is 13.2 Å². The van der Waals surface area contributed by atoms with Gasteiger partial charge in [0.2, 0.25) is 0 Å². The highest BCUT2D eigenvalue weighted by Crippen LogP contribution is 2.39. The molecular weight excluding hydrogens is 559 g/mol. The van der Waals surface area contributed by atoms with Gasteiger partial charge in [-0.15, -0.1) is 0 Å². The predicted octanol–water partition coefficient (Wildman–Crippen LogP) is 6.99. The number of rotatable bonds is 7. The molecule has 0 saturated heterocycles. The van der Waals surface area contributed by atoms with E-state index in [9.17, 15) is 26.4 Å². The van der Waals surface area contributed by atoms with E-state index in [0.29, 0.717) is 10.4 Å². The maximum absolute atomic E-state index is 13.7. The van der Waals surface area contributed by atoms with Crippen LogP contribution in [0.2, 0.25) is 0 Å². The average Bonchev–Trinajstić information content (AvgIpc) is 3.40. The maximum Gasteiger partial charge on any atom is 0.418 e. The highest BCUT2D eigenvalue weighted by atomic mass is 32.2. The molecule has 5 aromatic rings. The minimum atomic E-state index is -4.60. The topological polar surface area (TPSA) is 70.6 Å². The molecule has 0 saturated carbocycles. The summed E-state index contributed by atoms with van der Waals surface area (Å²) in [7, 11) is -2.46. The number of carbonyl (C=O) groups excluding carboxylic acids is 1. The Bertz CT molecular complexity index is 1760. The summed E-state index contributed by atoms with van der Waals surface area (Å²) in [5, 5.41) is 0.0982. The van der Waals surface area contributed by atoms with Crippen LogP contribution in [0.5, 0.6) is 0 Å². The van der Waals surface area contributed by atoms with Crippen LogP contribution >= 0.6 is 11.3 Å². The minimum Gasteiger partial charge on any atom is -0.279 e. The maximum atomic E-state index is 13.7. The first-order valence-electron chi connectivity index (χ1n) is 12.0. The summed E-state index contributed by atoms with van der Waals surface area (Å²) in [6.45, 7) is 0.0532. The molecular formula is C29H22F3N3O3S2. The van der Waals surface area contributed by atoms with Crippen molar-refractivity contribution in [3.63, 3.8) is 0 Å². The molecule has 11 heteroatoms. The molecule has 5 rings (SSSR count). The smallest absolute Gasteiger partial charge is 0.279 e. The van der Waals surface area contributed by atoms with Gasteiger partial charge in [-0.1, -0.05) is 65.9 Å². The first kappa shape index (κ1) is 27.4. The summed E-state index contributed by atoms with van der Waals surface area (Å²) in [6.07, 6.45) is -4.60. The Morgan fingerprint density at radius 1 is 0.850 bits per heavy atom. The predicted molar refractivity (Wildman–Crippen MR) is 150 cm³/mol. The number of para-hydroxylation sites is 2. The van der Waals surface area contributed by atoms with Crippen LogP contribution < -0.4 is 9.21 Å². The molecule has 0 aliphatic rings. The molecule has 0 atom stereocenters. The number of fused-ring (bicyclic) bond motifs is 1. The number of alkyl halides is 3. The number of hydrogen-bond donors (Lipinski definition) is 0. The number of halogens is 3. The zero-order valence-corrected chi connectivity index (χ0v) is 22.7. The van der Waals surface area contributed by atoms with Gasteiger partial charge in [-0.25, -0.2) is 13.4 Å². The molecule has 0 radical (unpaired) electrons. The highest BCUT2D eigenvalue weighted by Gasteiger charge is 2.34. The fourth-order valence-corrected chi connectivity index (χ4v) is 6.32. The molecule has 4 aromatic carbocycles. The summed E-state index contributed by atoms with van der Waals surface area (Å²) in [5.41, 5.74) is 0.274. The van der Waals surface area contributed by atoms with Gasteiger partial charge < -0.3 is 0 Å². The number of aromatic nitrogens is 1. The van der Waals surface area contributed by atoms with Crippen molar-refractivity contribution in [3.05, 3.63) is 120 Å². The first-order valence-corrected chi connectivity index (χ1v) is 14.3. The van der Waals surface area contributed by atoms with E-state index in [-0.39, 0.29) is 27.7 Å². The Kier molecular flexibility index (Phi) is 7.35. The number of nitrogens with zero attached hydrogens (tertiary/aromatic N) is 3. The van der Waals surface area contributed by atoms with E-state index >= 15 is 0 Å². The van der Waals surface area contributed by atoms with Gasteiger partial charge in [-0.05, 0) is 54.1 Å². The Morgan fingerprint density at radius 3 is 2.10 bits per heavy atom. The Morgan fingerprint density at radius 2 is 1.48 bits per heavy atom. The summed E-state index contributed by atoms with van der Waals surface area (Å²) in [4.78, 5) is 19.3. The summed E-state index contributed by atoms with van der Waals surface area (Å²) < 4.78 is 68.6. The molecule has 1 heterocycles. The number of thiazole rings is 1. The third kappa shape index (κ3) is 5.43. The highest BCUT2D eigenvalue weighted by molar-refractivity contribution is 7.92. The van der Waals surface area contributed by atoms with Gasteiger partial charge in [0, 0.05) is 12.6 Å². The van der Waals surface area contributed by atoms with E-state index in [4.69, 9.17) is 0 Å². The van der Waals surface area contributed by atoms with E-state index < -0.39 is 27.7 Å². The lowest BCUT2D eigenvalue weighted by molar-refractivity contribution is -0.136. The van der Waals surface area contributed by atoms with Crippen molar-refractivity contribution in [2.45, 2.75) is 17.6 Å². The van der Waals surface area contributed by atoms with E-state index in [1.165, 1.54) is 48.3 Å². The van der Waals surface area contributed by atoms with Crippen LogP contribution in [-0.4, -0.2) is 26.4 Å². The summed E-state index contributed by atoms with van der Waals surface area (Å²) >= 11 is 0.978. The molecule has 1 aromatic heterocycles. The molecule has 0 fully saturated rings. The second-order valence-corrected chi connectivity index (χ2v) is 11.8. The molecule has 1 amide bonds. The SMILES string of the molecule is CN(c1ccccc1)S(=O)(=O)c1ccc(C(=O)N(Cc2ccccc2)c2nc3c(C(F)(F)F)cccc3s2)cc1. The molecule has 0 aliphatic carbocycles. The molecule has 40 heavy (non-hydrogen) atoms. The number of anilines is 2. The van der Waals surface area contributed by atoms with Crippen molar-refractivity contribution >= 4 is 48.3 Å². The van der Waals surface area contributed by atoms with E-state index in [1.54, 1.807) is 54.6 Å². The lowest BCUT2D eigenvalue weighted by Gasteiger charge is -2.21. The Balaban J connectivity index is 1.51. The molecule has 0 unspecified atom stereocenters. The van der Waals surface area contributed by atoms with Crippen molar-refractivity contribution in [1.82, 2.24) is 4.98 Å². The van der Waals surface area contributed by atoms with Gasteiger partial charge in [0.25, 0.3) is 15.9 Å². The van der Waals surface area contributed by atoms with Gasteiger partial charge in [0.1, 0.15) is 0 Å². The van der Waals surface area contributed by atoms with Crippen LogP contribution in [0.1, 0.15) is 21.5 Å². The fraction of sp³-hybridized carbons (Fsp3) is 0.103. The second-order valence-electron chi connectivity index (χ2n) is 8.86. The quantitative estimate of drug-likeness (QED) is 0.208. The van der Waals surface area contributed by atoms with Crippen LogP contribution in [0.15, 0.2) is 108 Å². The summed E-state index contributed by atoms with van der Waals surface area (Å²) in [6, 6.07) is 26.8. The molecule has 0 N–H and O–H groups in total. The second kappa shape index (κ2) is 10.7. The molecule has 6 nitrogen and oxygen atoms in total. The van der Waals surface area contributed by atoms with Crippen LogP contribution in [0.3, 0.4) is 0 Å². The Labute approximate surface area is 233 Å². The lowest BCUT2D eigenvalue weighted by Crippen LogP contribution is -2.30. The van der Waals surface area contributed by atoms with Crippen LogP contribution in [0, 0.1) is 0 Å². The fourth-order valence-electron chi connectivity index (χ4n) is 4.13. The average molecular weight is 582 g/mol. The van der Waals surface area contributed by atoms with Crippen molar-refractivity contribution in [3.8, 4) is 0 Å². The third-order valence-electron chi connectivity index (χ3n) is 6.25. The standard InChI is InChI=1S/C29H22F3N3O3S2/c1-34(22-11-6-3-7-12-22)40(37,38)23-17-15-21(16-18-23)27(36)35(19-20-9-4-2-5-10-20)28-33-26-24(29(30,31)32)13-8-14-25(26)39-28/h2-18H,19H2,1H3. The van der Waals surface area contributed by atoms with Gasteiger partial charge in [0.05, 0.1) is 32.9 Å². The molecule has 0 aliphatic heterocycles. The lowest BCUT2D eigenvalue weighted by atomic mass is 10.1. The van der Waals surface area contributed by atoms with Gasteiger partial charge in [0.15, 0.2) is 5.13 Å². The summed E-state index contributed by atoms with van der Waals surface area (Å²) in [5.74, 6) is -0.531. The van der Waals surface area contributed by atoms with Crippen molar-refractivity contribution in [1.29, 1.82) is 0 Å². The van der Waals surface area contributed by atoms with Crippen LogP contribution in [0.4, 0.5) is 24.0 Å². The van der Waals surface area contributed by atoms with E-state index in [0.717, 1.165) is 27.3 Å². The number of hydrogen-bond acceptors (Lipinski definition) is 5. The van der Waals surface area contributed by atoms with Crippen molar-refractivity contribution in [2.24, 2.45) is 0 Å². The molecule has 0 spiro atoms. The normalized spacial score (nSPS) is 11.9. The number of benzene rings is 4. The minimum absolute atomic E-state index is 0.0141. The zero-order valence-electron chi connectivity index (χ0n) is 21.0. The van der Waals surface area contributed by atoms with Crippen LogP contribution in [-0.2, 0) is 22.7 Å². The van der Waals surface area contributed by atoms with Crippen molar-refractivity contribution in [2.75, 3.05) is 16.3 Å². The number of sulfonamides is 1. The number of amides is 1. The Hall–Kier alpha value is -4.22. The zero-order chi connectivity index (χ0) is 28.5. The molecule has 0 bridgehead atoms. The van der Waals surface area contributed by atoms with E-state index in [1.807, 2.05) is 6.07 Å². The largest absolute Gasteiger partial charge is 0.418 e. The monoisotopic (exact) mass is 581 g/mol. The first-order chi connectivity index (χ1) is 19.1.